The smallest absolute Gasteiger partial charge is 0.251 e. The Morgan fingerprint density at radius 3 is 2.00 bits per heavy atom. The third kappa shape index (κ3) is 6.20. The molecule has 9 N–H and O–H groups in total. The summed E-state index contributed by atoms with van der Waals surface area (Å²) >= 11 is 0. The largest absolute Gasteiger partial charge is 0.399 e. The summed E-state index contributed by atoms with van der Waals surface area (Å²) in [6.07, 6.45) is -1.07. The standard InChI is InChI=1S/C14H22N4O5/c15-10-2-8(13(22)17-4-11(16)6-19)1-9(3-10)14(23)18-5-12(21)7-20/h1-3,11-12,19-21H,4-7,15-16H2,(H,17,22)(H,18,23). The van der Waals surface area contributed by atoms with Gasteiger partial charge in [-0.1, -0.05) is 0 Å². The number of anilines is 1. The van der Waals surface area contributed by atoms with Gasteiger partial charge in [0, 0.05) is 35.9 Å². The molecule has 0 aliphatic rings. The summed E-state index contributed by atoms with van der Waals surface area (Å²) in [5.74, 6) is -1.02. The van der Waals surface area contributed by atoms with Crippen LogP contribution in [0.25, 0.3) is 0 Å². The van der Waals surface area contributed by atoms with Gasteiger partial charge in [-0.05, 0) is 18.2 Å². The van der Waals surface area contributed by atoms with Crippen LogP contribution in [0.15, 0.2) is 18.2 Å². The molecule has 0 fully saturated rings. The molecular formula is C14H22N4O5. The molecule has 0 heterocycles. The Morgan fingerprint density at radius 1 is 1.00 bits per heavy atom. The van der Waals surface area contributed by atoms with Crippen LogP contribution in [-0.4, -0.2) is 65.6 Å². The Labute approximate surface area is 133 Å². The minimum atomic E-state index is -1.07. The molecule has 0 aromatic heterocycles. The normalized spacial score (nSPS) is 13.2. The number of hydrogen-bond donors (Lipinski definition) is 7. The second-order valence-corrected chi connectivity index (χ2v) is 5.04. The highest BCUT2D eigenvalue weighted by atomic mass is 16.3. The van der Waals surface area contributed by atoms with Crippen LogP contribution < -0.4 is 22.1 Å². The Morgan fingerprint density at radius 2 is 1.52 bits per heavy atom. The number of nitrogens with two attached hydrogens (primary N) is 2. The summed E-state index contributed by atoms with van der Waals surface area (Å²) in [7, 11) is 0. The molecular weight excluding hydrogens is 304 g/mol. The van der Waals surface area contributed by atoms with Gasteiger partial charge in [-0.25, -0.2) is 0 Å². The highest BCUT2D eigenvalue weighted by Crippen LogP contribution is 2.12. The Balaban J connectivity index is 2.78. The van der Waals surface area contributed by atoms with Crippen LogP contribution in [-0.2, 0) is 0 Å². The molecule has 0 saturated heterocycles. The minimum absolute atomic E-state index is 0.0777. The van der Waals surface area contributed by atoms with Crippen molar-refractivity contribution in [1.29, 1.82) is 0 Å². The highest BCUT2D eigenvalue weighted by molar-refractivity contribution is 6.01. The number of aliphatic hydroxyl groups excluding tert-OH is 3. The maximum absolute atomic E-state index is 12.0. The van der Waals surface area contributed by atoms with Crippen LogP contribution in [0.2, 0.25) is 0 Å². The van der Waals surface area contributed by atoms with Crippen molar-refractivity contribution in [2.75, 3.05) is 32.0 Å². The molecule has 9 heteroatoms. The third-order valence-corrected chi connectivity index (χ3v) is 2.95. The average molecular weight is 326 g/mol. The predicted molar refractivity (Wildman–Crippen MR) is 83.7 cm³/mol. The van der Waals surface area contributed by atoms with Gasteiger partial charge < -0.3 is 37.4 Å². The summed E-state index contributed by atoms with van der Waals surface area (Å²) in [6.45, 7) is -0.792. The monoisotopic (exact) mass is 326 g/mol. The molecule has 0 spiro atoms. The van der Waals surface area contributed by atoms with E-state index in [1.807, 2.05) is 0 Å². The first-order chi connectivity index (χ1) is 10.9. The number of nitrogens with one attached hydrogen (secondary N) is 2. The lowest BCUT2D eigenvalue weighted by Gasteiger charge is -2.12. The first kappa shape index (κ1) is 18.8. The zero-order valence-corrected chi connectivity index (χ0v) is 12.5. The summed E-state index contributed by atoms with van der Waals surface area (Å²) < 4.78 is 0. The fourth-order valence-electron chi connectivity index (χ4n) is 1.68. The highest BCUT2D eigenvalue weighted by Gasteiger charge is 2.14. The fraction of sp³-hybridized carbons (Fsp3) is 0.429. The molecule has 0 saturated carbocycles. The zero-order valence-electron chi connectivity index (χ0n) is 12.5. The van der Waals surface area contributed by atoms with Crippen molar-refractivity contribution in [2.24, 2.45) is 5.73 Å². The molecule has 0 radical (unpaired) electrons. The lowest BCUT2D eigenvalue weighted by atomic mass is 10.1. The Hall–Kier alpha value is -2.20. The van der Waals surface area contributed by atoms with Crippen LogP contribution >= 0.6 is 0 Å². The van der Waals surface area contributed by atoms with Gasteiger partial charge in [-0.2, -0.15) is 0 Å². The first-order valence-corrected chi connectivity index (χ1v) is 6.99. The van der Waals surface area contributed by atoms with Gasteiger partial charge in [0.05, 0.1) is 19.3 Å². The average Bonchev–Trinajstić information content (AvgIpc) is 2.55. The molecule has 1 aromatic carbocycles. The first-order valence-electron chi connectivity index (χ1n) is 6.99. The predicted octanol–water partition coefficient (Wildman–Crippen LogP) is -2.60. The minimum Gasteiger partial charge on any atom is -0.399 e. The Bertz CT molecular complexity index is 508. The van der Waals surface area contributed by atoms with E-state index >= 15 is 0 Å². The number of hydrogen-bond acceptors (Lipinski definition) is 7. The van der Waals surface area contributed by atoms with E-state index in [1.165, 1.54) is 18.2 Å². The number of carbonyl (C=O) groups excluding carboxylic acids is 2. The van der Waals surface area contributed by atoms with Crippen molar-refractivity contribution in [3.8, 4) is 0 Å². The number of aliphatic hydroxyl groups is 3. The van der Waals surface area contributed by atoms with E-state index in [2.05, 4.69) is 10.6 Å². The van der Waals surface area contributed by atoms with Gasteiger partial charge in [-0.3, -0.25) is 9.59 Å². The maximum atomic E-state index is 12.0. The van der Waals surface area contributed by atoms with Crippen LogP contribution in [0.3, 0.4) is 0 Å². The van der Waals surface area contributed by atoms with E-state index in [0.717, 1.165) is 0 Å². The second kappa shape index (κ2) is 9.06. The number of nitrogen functional groups attached to an aromatic ring is 1. The van der Waals surface area contributed by atoms with Gasteiger partial charge >= 0.3 is 0 Å². The van der Waals surface area contributed by atoms with E-state index in [4.69, 9.17) is 21.7 Å². The molecule has 2 amide bonds. The molecule has 0 bridgehead atoms. The van der Waals surface area contributed by atoms with Crippen molar-refractivity contribution in [1.82, 2.24) is 10.6 Å². The Kier molecular flexibility index (Phi) is 7.42. The lowest BCUT2D eigenvalue weighted by Crippen LogP contribution is -2.39. The molecule has 128 valence electrons. The van der Waals surface area contributed by atoms with Crippen molar-refractivity contribution >= 4 is 17.5 Å². The van der Waals surface area contributed by atoms with Crippen molar-refractivity contribution in [2.45, 2.75) is 12.1 Å². The SMILES string of the molecule is Nc1cc(C(=O)NCC(N)CO)cc(C(=O)NCC(O)CO)c1. The van der Waals surface area contributed by atoms with Crippen molar-refractivity contribution < 1.29 is 24.9 Å². The van der Waals surface area contributed by atoms with Gasteiger partial charge in [0.15, 0.2) is 0 Å². The molecule has 2 atom stereocenters. The topological polar surface area (TPSA) is 171 Å². The quantitative estimate of drug-likeness (QED) is 0.257. The fourth-order valence-corrected chi connectivity index (χ4v) is 1.68. The molecule has 23 heavy (non-hydrogen) atoms. The molecule has 1 rings (SSSR count). The van der Waals surface area contributed by atoms with Crippen molar-refractivity contribution in [3.63, 3.8) is 0 Å². The van der Waals surface area contributed by atoms with Crippen molar-refractivity contribution in [3.05, 3.63) is 29.3 Å². The van der Waals surface area contributed by atoms with Crippen LogP contribution in [0.1, 0.15) is 20.7 Å². The molecule has 9 nitrogen and oxygen atoms in total. The maximum Gasteiger partial charge on any atom is 0.251 e. The van der Waals surface area contributed by atoms with Gasteiger partial charge in [-0.15, -0.1) is 0 Å². The third-order valence-electron chi connectivity index (χ3n) is 2.95. The van der Waals surface area contributed by atoms with Crippen LogP contribution in [0, 0.1) is 0 Å². The zero-order chi connectivity index (χ0) is 17.4. The van der Waals surface area contributed by atoms with Gasteiger partial charge in [0.1, 0.15) is 0 Å². The number of carbonyl (C=O) groups is 2. The summed E-state index contributed by atoms with van der Waals surface area (Å²) in [5.41, 5.74) is 11.7. The molecule has 2 unspecified atom stereocenters. The summed E-state index contributed by atoms with van der Waals surface area (Å²) in [5, 5.41) is 31.7. The summed E-state index contributed by atoms with van der Waals surface area (Å²) in [6, 6.07) is 3.55. The molecule has 0 aliphatic heterocycles. The molecule has 1 aromatic rings. The molecule has 0 aliphatic carbocycles. The van der Waals surface area contributed by atoms with E-state index in [1.54, 1.807) is 0 Å². The van der Waals surface area contributed by atoms with E-state index in [-0.39, 0.29) is 36.5 Å². The van der Waals surface area contributed by atoms with E-state index in [0.29, 0.717) is 0 Å². The summed E-state index contributed by atoms with van der Waals surface area (Å²) in [4.78, 5) is 24.0. The lowest BCUT2D eigenvalue weighted by molar-refractivity contribution is 0.0802. The number of amides is 2. The number of rotatable bonds is 8. The van der Waals surface area contributed by atoms with Crippen LogP contribution in [0.4, 0.5) is 5.69 Å². The van der Waals surface area contributed by atoms with Crippen LogP contribution in [0.5, 0.6) is 0 Å². The number of benzene rings is 1. The van der Waals surface area contributed by atoms with E-state index < -0.39 is 30.6 Å². The van der Waals surface area contributed by atoms with Gasteiger partial charge in [0.25, 0.3) is 11.8 Å². The van der Waals surface area contributed by atoms with Gasteiger partial charge in [0.2, 0.25) is 0 Å². The second-order valence-electron chi connectivity index (χ2n) is 5.04. The van der Waals surface area contributed by atoms with E-state index in [9.17, 15) is 14.7 Å².